The monoisotopic (exact) mass is 515 g/mol. The molecule has 0 bridgehead atoms. The van der Waals surface area contributed by atoms with Crippen molar-refractivity contribution in [2.24, 2.45) is 5.92 Å². The van der Waals surface area contributed by atoms with E-state index >= 15 is 0 Å². The third-order valence-electron chi connectivity index (χ3n) is 6.57. The number of hydrogen-bond acceptors (Lipinski definition) is 6. The molecule has 0 radical (unpaired) electrons. The van der Waals surface area contributed by atoms with Gasteiger partial charge in [-0.3, -0.25) is 9.69 Å². The average Bonchev–Trinajstić information content (AvgIpc) is 3.03. The summed E-state index contributed by atoms with van der Waals surface area (Å²) in [5.74, 6) is 0.344. The minimum absolute atomic E-state index is 0.282. The smallest absolute Gasteiger partial charge is 0.324 e. The number of carbonyl (C=O) groups excluding carboxylic acids is 3. The topological polar surface area (TPSA) is 124 Å². The largest absolute Gasteiger partial charge is 0.384 e. The summed E-state index contributed by atoms with van der Waals surface area (Å²) in [5.41, 5.74) is 7.72. The van der Waals surface area contributed by atoms with Crippen LogP contribution in [-0.4, -0.2) is 78.1 Å². The number of halogens is 1. The lowest BCUT2D eigenvalue weighted by atomic mass is 10.1. The predicted molar refractivity (Wildman–Crippen MR) is 141 cm³/mol. The van der Waals surface area contributed by atoms with Gasteiger partial charge in [0.25, 0.3) is 5.91 Å². The second kappa shape index (κ2) is 11.2. The number of anilines is 2. The SMILES string of the molecule is CC(C)CNC(=O)N1CCCC[C@H](NC(=O)N2CCN(c3cc(N)nc4cc(Cl)ccc34)CC2)C1=O. The molecule has 2 aliphatic heterocycles. The van der Waals surface area contributed by atoms with Crippen molar-refractivity contribution in [3.05, 3.63) is 29.3 Å². The molecule has 5 amide bonds. The maximum atomic E-state index is 13.1. The number of fused-ring (bicyclic) bond motifs is 1. The second-order valence-electron chi connectivity index (χ2n) is 9.77. The van der Waals surface area contributed by atoms with Crippen LogP contribution in [-0.2, 0) is 4.79 Å². The molecule has 2 aromatic rings. The molecule has 0 spiro atoms. The van der Waals surface area contributed by atoms with Gasteiger partial charge in [-0.25, -0.2) is 14.6 Å². The number of imide groups is 1. The van der Waals surface area contributed by atoms with Gasteiger partial charge in [0.15, 0.2) is 0 Å². The number of aromatic nitrogens is 1. The van der Waals surface area contributed by atoms with Crippen LogP contribution in [0.25, 0.3) is 10.9 Å². The molecule has 36 heavy (non-hydrogen) atoms. The van der Waals surface area contributed by atoms with E-state index in [1.807, 2.05) is 32.0 Å². The number of likely N-dealkylation sites (tertiary alicyclic amines) is 1. The van der Waals surface area contributed by atoms with E-state index in [-0.39, 0.29) is 17.9 Å². The van der Waals surface area contributed by atoms with Crippen LogP contribution < -0.4 is 21.3 Å². The molecule has 10 nitrogen and oxygen atoms in total. The number of nitrogens with two attached hydrogens (primary N) is 1. The van der Waals surface area contributed by atoms with Crippen molar-refractivity contribution in [1.29, 1.82) is 0 Å². The van der Waals surface area contributed by atoms with Gasteiger partial charge in [-0.1, -0.05) is 25.4 Å². The van der Waals surface area contributed by atoms with E-state index in [0.29, 0.717) is 56.5 Å². The molecule has 0 unspecified atom stereocenters. The zero-order valence-electron chi connectivity index (χ0n) is 20.8. The lowest BCUT2D eigenvalue weighted by molar-refractivity contribution is -0.129. The number of hydrogen-bond donors (Lipinski definition) is 3. The van der Waals surface area contributed by atoms with Crippen LogP contribution in [0, 0.1) is 5.92 Å². The van der Waals surface area contributed by atoms with Crippen LogP contribution in [0.1, 0.15) is 33.1 Å². The van der Waals surface area contributed by atoms with Crippen molar-refractivity contribution < 1.29 is 14.4 Å². The number of carbonyl (C=O) groups is 3. The molecule has 2 saturated heterocycles. The van der Waals surface area contributed by atoms with Gasteiger partial charge in [0.1, 0.15) is 11.9 Å². The van der Waals surface area contributed by atoms with E-state index in [4.69, 9.17) is 17.3 Å². The van der Waals surface area contributed by atoms with E-state index in [1.165, 1.54) is 4.90 Å². The molecular formula is C25H34ClN7O3. The average molecular weight is 516 g/mol. The summed E-state index contributed by atoms with van der Waals surface area (Å²) in [4.78, 5) is 48.2. The third kappa shape index (κ3) is 5.92. The molecule has 2 aliphatic rings. The predicted octanol–water partition coefficient (Wildman–Crippen LogP) is 3.05. The van der Waals surface area contributed by atoms with Gasteiger partial charge in [-0.05, 0) is 43.4 Å². The van der Waals surface area contributed by atoms with Gasteiger partial charge in [0.05, 0.1) is 5.52 Å². The van der Waals surface area contributed by atoms with Gasteiger partial charge < -0.3 is 26.2 Å². The van der Waals surface area contributed by atoms with Gasteiger partial charge in [0.2, 0.25) is 0 Å². The molecule has 2 fully saturated rings. The van der Waals surface area contributed by atoms with Crippen molar-refractivity contribution >= 4 is 52.0 Å². The minimum atomic E-state index is -0.712. The Bertz CT molecular complexity index is 1130. The fraction of sp³-hybridized carbons (Fsp3) is 0.520. The van der Waals surface area contributed by atoms with Crippen molar-refractivity contribution in [2.45, 2.75) is 39.2 Å². The van der Waals surface area contributed by atoms with Crippen LogP contribution in [0.4, 0.5) is 21.1 Å². The number of amides is 5. The first-order valence-corrected chi connectivity index (χ1v) is 12.9. The first-order valence-electron chi connectivity index (χ1n) is 12.5. The Hall–Kier alpha value is -3.27. The minimum Gasteiger partial charge on any atom is -0.384 e. The molecule has 11 heteroatoms. The van der Waals surface area contributed by atoms with Crippen LogP contribution in [0.2, 0.25) is 5.02 Å². The zero-order chi connectivity index (χ0) is 25.8. The quantitative estimate of drug-likeness (QED) is 0.575. The number of nitrogens with one attached hydrogen (secondary N) is 2. The van der Waals surface area contributed by atoms with Crippen molar-refractivity contribution in [1.82, 2.24) is 25.4 Å². The molecular weight excluding hydrogens is 482 g/mol. The standard InChI is InChI=1S/C25H34ClN7O3/c1-16(2)15-28-24(35)33-8-4-3-5-19(23(33)34)30-25(36)32-11-9-31(10-12-32)21-14-22(27)29-20-13-17(26)6-7-18(20)21/h6-7,13-14,16,19H,3-5,8-12,15H2,1-2H3,(H2,27,29)(H,28,35)(H,30,36)/t19-/m0/s1. The van der Waals surface area contributed by atoms with Gasteiger partial charge >= 0.3 is 12.1 Å². The van der Waals surface area contributed by atoms with Gasteiger partial charge in [-0.2, -0.15) is 0 Å². The summed E-state index contributed by atoms with van der Waals surface area (Å²) in [5, 5.41) is 7.23. The Morgan fingerprint density at radius 2 is 1.86 bits per heavy atom. The van der Waals surface area contributed by atoms with Crippen LogP contribution >= 0.6 is 11.6 Å². The number of rotatable bonds is 4. The number of nitrogen functional groups attached to an aromatic ring is 1. The van der Waals surface area contributed by atoms with Crippen molar-refractivity contribution in [2.75, 3.05) is 49.9 Å². The van der Waals surface area contributed by atoms with Crippen LogP contribution in [0.3, 0.4) is 0 Å². The Morgan fingerprint density at radius 3 is 2.58 bits per heavy atom. The fourth-order valence-electron chi connectivity index (χ4n) is 4.62. The number of nitrogens with zero attached hydrogens (tertiary/aromatic N) is 4. The Labute approximate surface area is 216 Å². The maximum Gasteiger partial charge on any atom is 0.324 e. The van der Waals surface area contributed by atoms with Crippen LogP contribution in [0.5, 0.6) is 0 Å². The van der Waals surface area contributed by atoms with E-state index < -0.39 is 12.1 Å². The third-order valence-corrected chi connectivity index (χ3v) is 6.81. The van der Waals surface area contributed by atoms with E-state index in [0.717, 1.165) is 29.4 Å². The normalized spacial score (nSPS) is 18.9. The van der Waals surface area contributed by atoms with Crippen LogP contribution in [0.15, 0.2) is 24.3 Å². The Kier molecular flexibility index (Phi) is 8.03. The lowest BCUT2D eigenvalue weighted by Crippen LogP contribution is -2.57. The molecule has 4 N–H and O–H groups in total. The Morgan fingerprint density at radius 1 is 1.11 bits per heavy atom. The number of pyridine rings is 1. The molecule has 1 atom stereocenters. The molecule has 0 saturated carbocycles. The number of urea groups is 2. The molecule has 0 aliphatic carbocycles. The van der Waals surface area contributed by atoms with Crippen molar-refractivity contribution in [3.8, 4) is 0 Å². The summed E-state index contributed by atoms with van der Waals surface area (Å²) < 4.78 is 0. The molecule has 3 heterocycles. The number of piperazine rings is 1. The highest BCUT2D eigenvalue weighted by molar-refractivity contribution is 6.31. The lowest BCUT2D eigenvalue weighted by Gasteiger charge is -2.37. The summed E-state index contributed by atoms with van der Waals surface area (Å²) >= 11 is 6.12. The highest BCUT2D eigenvalue weighted by atomic mass is 35.5. The number of benzene rings is 1. The zero-order valence-corrected chi connectivity index (χ0v) is 21.6. The molecule has 1 aromatic heterocycles. The summed E-state index contributed by atoms with van der Waals surface area (Å²) in [7, 11) is 0. The van der Waals surface area contributed by atoms with E-state index in [9.17, 15) is 14.4 Å². The first kappa shape index (κ1) is 25.8. The molecule has 1 aromatic carbocycles. The summed E-state index contributed by atoms with van der Waals surface area (Å²) in [6.07, 6.45) is 2.00. The molecule has 194 valence electrons. The summed E-state index contributed by atoms with van der Waals surface area (Å²) in [6, 6.07) is 5.99. The first-order chi connectivity index (χ1) is 17.2. The highest BCUT2D eigenvalue weighted by Gasteiger charge is 2.33. The van der Waals surface area contributed by atoms with Gasteiger partial charge in [-0.15, -0.1) is 0 Å². The second-order valence-corrected chi connectivity index (χ2v) is 10.2. The van der Waals surface area contributed by atoms with Gasteiger partial charge in [0, 0.05) is 61.4 Å². The fourth-order valence-corrected chi connectivity index (χ4v) is 4.78. The van der Waals surface area contributed by atoms with E-state index in [2.05, 4.69) is 20.5 Å². The van der Waals surface area contributed by atoms with Crippen molar-refractivity contribution in [3.63, 3.8) is 0 Å². The highest BCUT2D eigenvalue weighted by Crippen LogP contribution is 2.30. The maximum absolute atomic E-state index is 13.1. The molecule has 4 rings (SSSR count). The Balaban J connectivity index is 1.37. The van der Waals surface area contributed by atoms with E-state index in [1.54, 1.807) is 11.0 Å². The summed E-state index contributed by atoms with van der Waals surface area (Å²) in [6.45, 7) is 7.04.